The van der Waals surface area contributed by atoms with E-state index in [4.69, 9.17) is 9.47 Å². The fraction of sp³-hybridized carbons (Fsp3) is 0.625. The molecular formula is C16H23NO4S. The number of aryl methyl sites for hydroxylation is 1. The number of hydrogen-bond donors (Lipinski definition) is 0. The number of hydrogen-bond acceptors (Lipinski definition) is 4. The number of rotatable bonds is 4. The van der Waals surface area contributed by atoms with E-state index in [9.17, 15) is 8.42 Å². The van der Waals surface area contributed by atoms with Crippen LogP contribution < -0.4 is 4.74 Å². The highest BCUT2D eigenvalue weighted by Crippen LogP contribution is 2.35. The third-order valence-corrected chi connectivity index (χ3v) is 6.37. The molecule has 2 aliphatic rings. The van der Waals surface area contributed by atoms with Gasteiger partial charge in [0.05, 0.1) is 18.1 Å². The lowest BCUT2D eigenvalue weighted by Gasteiger charge is -2.24. The molecule has 0 spiro atoms. The summed E-state index contributed by atoms with van der Waals surface area (Å²) in [4.78, 5) is 0.374. The van der Waals surface area contributed by atoms with Crippen molar-refractivity contribution in [1.82, 2.24) is 4.31 Å². The molecular weight excluding hydrogens is 302 g/mol. The van der Waals surface area contributed by atoms with Gasteiger partial charge >= 0.3 is 0 Å². The lowest BCUT2D eigenvalue weighted by Crippen LogP contribution is -2.33. The summed E-state index contributed by atoms with van der Waals surface area (Å²) in [6.45, 7) is 4.43. The summed E-state index contributed by atoms with van der Waals surface area (Å²) in [5, 5.41) is 0. The van der Waals surface area contributed by atoms with E-state index >= 15 is 0 Å². The number of sulfonamides is 1. The Morgan fingerprint density at radius 2 is 2.23 bits per heavy atom. The van der Waals surface area contributed by atoms with Gasteiger partial charge in [0.25, 0.3) is 0 Å². The van der Waals surface area contributed by atoms with E-state index in [1.54, 1.807) is 29.6 Å². The Bertz CT molecular complexity index is 658. The molecule has 5 nitrogen and oxygen atoms in total. The Labute approximate surface area is 132 Å². The van der Waals surface area contributed by atoms with Crippen molar-refractivity contribution >= 4 is 10.0 Å². The lowest BCUT2D eigenvalue weighted by atomic mass is 9.91. The van der Waals surface area contributed by atoms with Gasteiger partial charge in [-0.1, -0.05) is 6.92 Å². The van der Waals surface area contributed by atoms with Crippen molar-refractivity contribution in [2.24, 2.45) is 5.41 Å². The van der Waals surface area contributed by atoms with Crippen LogP contribution in [0.2, 0.25) is 0 Å². The first-order chi connectivity index (χ1) is 10.4. The van der Waals surface area contributed by atoms with Gasteiger partial charge in [-0.05, 0) is 43.0 Å². The van der Waals surface area contributed by atoms with Gasteiger partial charge in [-0.3, -0.25) is 0 Å². The second kappa shape index (κ2) is 5.83. The lowest BCUT2D eigenvalue weighted by molar-refractivity contribution is 0.102. The monoisotopic (exact) mass is 325 g/mol. The Hall–Kier alpha value is -1.11. The maximum atomic E-state index is 12.9. The molecule has 6 heteroatoms. The van der Waals surface area contributed by atoms with Crippen LogP contribution in [0.25, 0.3) is 0 Å². The maximum absolute atomic E-state index is 12.9. The second-order valence-corrected chi connectivity index (χ2v) is 8.49. The summed E-state index contributed by atoms with van der Waals surface area (Å²) in [5.74, 6) is 0.816. The van der Waals surface area contributed by atoms with Gasteiger partial charge in [0.1, 0.15) is 5.75 Å². The van der Waals surface area contributed by atoms with Crippen molar-refractivity contribution < 1.29 is 17.9 Å². The first-order valence-electron chi connectivity index (χ1n) is 7.69. The van der Waals surface area contributed by atoms with Crippen LogP contribution in [0.1, 0.15) is 25.3 Å². The molecule has 0 amide bonds. The van der Waals surface area contributed by atoms with Crippen LogP contribution in [0.4, 0.5) is 0 Å². The molecule has 1 saturated heterocycles. The normalized spacial score (nSPS) is 25.7. The molecule has 1 aromatic carbocycles. The molecule has 1 unspecified atom stereocenters. The van der Waals surface area contributed by atoms with E-state index in [1.807, 2.05) is 0 Å². The number of methoxy groups -OCH3 is 1. The molecule has 122 valence electrons. The molecule has 3 rings (SSSR count). The van der Waals surface area contributed by atoms with Crippen LogP contribution in [0.5, 0.6) is 5.75 Å². The molecule has 0 saturated carbocycles. The summed E-state index contributed by atoms with van der Waals surface area (Å²) in [7, 11) is -1.78. The SMILES string of the molecule is COCC1(C)CCN(S(=O)(=O)c2ccc3c(c2)CCCO3)C1. The standard InChI is InChI=1S/C16H23NO4S/c1-16(12-20-2)7-8-17(11-16)22(18,19)14-5-6-15-13(10-14)4-3-9-21-15/h5-6,10H,3-4,7-9,11-12H2,1-2H3. The van der Waals surface area contributed by atoms with Crippen LogP contribution in [-0.2, 0) is 21.2 Å². The summed E-state index contributed by atoms with van der Waals surface area (Å²) in [5.41, 5.74) is 0.894. The van der Waals surface area contributed by atoms with Crippen LogP contribution in [0.15, 0.2) is 23.1 Å². The van der Waals surface area contributed by atoms with E-state index in [2.05, 4.69) is 6.92 Å². The Kier molecular flexibility index (Phi) is 4.18. The minimum atomic E-state index is -3.44. The molecule has 1 aromatic rings. The van der Waals surface area contributed by atoms with E-state index < -0.39 is 10.0 Å². The van der Waals surface area contributed by atoms with Gasteiger partial charge in [-0.25, -0.2) is 8.42 Å². The second-order valence-electron chi connectivity index (χ2n) is 6.55. The highest BCUT2D eigenvalue weighted by molar-refractivity contribution is 7.89. The van der Waals surface area contributed by atoms with Crippen molar-refractivity contribution in [3.63, 3.8) is 0 Å². The van der Waals surface area contributed by atoms with Gasteiger partial charge in [0.2, 0.25) is 10.0 Å². The van der Waals surface area contributed by atoms with Gasteiger partial charge in [0, 0.05) is 25.6 Å². The maximum Gasteiger partial charge on any atom is 0.243 e. The molecule has 0 radical (unpaired) electrons. The van der Waals surface area contributed by atoms with Crippen LogP contribution >= 0.6 is 0 Å². The molecule has 1 fully saturated rings. The van der Waals surface area contributed by atoms with Crippen LogP contribution in [-0.4, -0.2) is 46.1 Å². The van der Waals surface area contributed by atoms with Crippen molar-refractivity contribution in [3.8, 4) is 5.75 Å². The van der Waals surface area contributed by atoms with Crippen LogP contribution in [0.3, 0.4) is 0 Å². The molecule has 0 bridgehead atoms. The Morgan fingerprint density at radius 1 is 1.41 bits per heavy atom. The number of fused-ring (bicyclic) bond motifs is 1. The first kappa shape index (κ1) is 15.8. The van der Waals surface area contributed by atoms with Crippen molar-refractivity contribution in [3.05, 3.63) is 23.8 Å². The summed E-state index contributed by atoms with van der Waals surface area (Å²) in [6.07, 6.45) is 2.64. The molecule has 2 heterocycles. The van der Waals surface area contributed by atoms with Gasteiger partial charge in [-0.15, -0.1) is 0 Å². The average molecular weight is 325 g/mol. The van der Waals surface area contributed by atoms with E-state index in [-0.39, 0.29) is 5.41 Å². The smallest absolute Gasteiger partial charge is 0.243 e. The van der Waals surface area contributed by atoms with Gasteiger partial charge in [-0.2, -0.15) is 4.31 Å². The molecule has 0 aliphatic carbocycles. The Morgan fingerprint density at radius 3 is 3.00 bits per heavy atom. The largest absolute Gasteiger partial charge is 0.493 e. The highest BCUT2D eigenvalue weighted by atomic mass is 32.2. The molecule has 0 aromatic heterocycles. The highest BCUT2D eigenvalue weighted by Gasteiger charge is 2.40. The third kappa shape index (κ3) is 2.87. The first-order valence-corrected chi connectivity index (χ1v) is 9.13. The zero-order chi connectivity index (χ0) is 15.8. The van der Waals surface area contributed by atoms with Crippen molar-refractivity contribution in [2.75, 3.05) is 33.4 Å². The van der Waals surface area contributed by atoms with Crippen molar-refractivity contribution in [2.45, 2.75) is 31.1 Å². The zero-order valence-corrected chi connectivity index (χ0v) is 14.0. The minimum Gasteiger partial charge on any atom is -0.493 e. The molecule has 2 aliphatic heterocycles. The van der Waals surface area contributed by atoms with E-state index in [1.165, 1.54) is 0 Å². The topological polar surface area (TPSA) is 55.8 Å². The summed E-state index contributed by atoms with van der Waals surface area (Å²) >= 11 is 0. The fourth-order valence-corrected chi connectivity index (χ4v) is 4.94. The zero-order valence-electron chi connectivity index (χ0n) is 13.2. The minimum absolute atomic E-state index is 0.0981. The summed E-state index contributed by atoms with van der Waals surface area (Å²) < 4.78 is 38.1. The number of benzene rings is 1. The molecule has 0 N–H and O–H groups in total. The quantitative estimate of drug-likeness (QED) is 0.850. The van der Waals surface area contributed by atoms with Gasteiger partial charge in [0.15, 0.2) is 0 Å². The predicted molar refractivity (Wildman–Crippen MR) is 83.6 cm³/mol. The summed E-state index contributed by atoms with van der Waals surface area (Å²) in [6, 6.07) is 5.22. The third-order valence-electron chi connectivity index (χ3n) is 4.53. The van der Waals surface area contributed by atoms with Gasteiger partial charge < -0.3 is 9.47 Å². The predicted octanol–water partition coefficient (Wildman–Crippen LogP) is 2.06. The van der Waals surface area contributed by atoms with Crippen molar-refractivity contribution in [1.29, 1.82) is 0 Å². The van der Waals surface area contributed by atoms with E-state index in [0.29, 0.717) is 31.2 Å². The molecule has 22 heavy (non-hydrogen) atoms. The van der Waals surface area contributed by atoms with Crippen LogP contribution in [0, 0.1) is 5.41 Å². The fourth-order valence-electron chi connectivity index (χ4n) is 3.30. The molecule has 1 atom stereocenters. The number of nitrogens with zero attached hydrogens (tertiary/aromatic N) is 1. The average Bonchev–Trinajstić information content (AvgIpc) is 2.90. The number of ether oxygens (including phenoxy) is 2. The Balaban J connectivity index is 1.85. The van der Waals surface area contributed by atoms with E-state index in [0.717, 1.165) is 30.6 Å².